The number of hydrogen-bond donors (Lipinski definition) is 3. The second kappa shape index (κ2) is 14.7. The van der Waals surface area contributed by atoms with Gasteiger partial charge in [-0.1, -0.05) is 6.07 Å². The number of anilines is 2. The van der Waals surface area contributed by atoms with E-state index < -0.39 is 25.2 Å². The number of amides is 1. The summed E-state index contributed by atoms with van der Waals surface area (Å²) in [5.74, 6) is -0.0864. The van der Waals surface area contributed by atoms with Crippen molar-refractivity contribution < 1.29 is 31.1 Å². The summed E-state index contributed by atoms with van der Waals surface area (Å²) in [5, 5.41) is 17.0. The predicted molar refractivity (Wildman–Crippen MR) is 183 cm³/mol. The van der Waals surface area contributed by atoms with E-state index in [9.17, 15) is 31.1 Å². The number of hydrogen-bond acceptors (Lipinski definition) is 7. The molecular weight excluding hydrogens is 891 g/mol. The number of nitrogens with one attached hydrogen (secondary N) is 3. The number of imidazole rings is 2. The van der Waals surface area contributed by atoms with Crippen LogP contribution >= 0.6 is 54.5 Å². The second-order valence-electron chi connectivity index (χ2n) is 10.8. The number of alkyl halides is 6. The Kier molecular flexibility index (Phi) is 11.1. The first-order valence-corrected chi connectivity index (χ1v) is 17.0. The van der Waals surface area contributed by atoms with Gasteiger partial charge in [-0.3, -0.25) is 4.79 Å². The monoisotopic (exact) mass is 915 g/mol. The van der Waals surface area contributed by atoms with Crippen LogP contribution < -0.4 is 16.0 Å². The first-order chi connectivity index (χ1) is 22.6. The zero-order chi connectivity index (χ0) is 34.8. The fourth-order valence-electron chi connectivity index (χ4n) is 4.55. The first kappa shape index (κ1) is 36.1. The van der Waals surface area contributed by atoms with E-state index in [4.69, 9.17) is 0 Å². The quantitative estimate of drug-likeness (QED) is 0.101. The lowest BCUT2D eigenvalue weighted by Crippen LogP contribution is -2.26. The number of benzene rings is 1. The summed E-state index contributed by atoms with van der Waals surface area (Å²) in [6, 6.07) is 8.94. The van der Waals surface area contributed by atoms with Crippen LogP contribution in [0.3, 0.4) is 0 Å². The average molecular weight is 917 g/mol. The minimum Gasteiger partial charge on any atom is -0.382 e. The minimum atomic E-state index is -4.24. The molecule has 48 heavy (non-hydrogen) atoms. The van der Waals surface area contributed by atoms with E-state index in [0.717, 1.165) is 27.7 Å². The Hall–Kier alpha value is -3.20. The van der Waals surface area contributed by atoms with Gasteiger partial charge in [0.1, 0.15) is 12.9 Å². The van der Waals surface area contributed by atoms with Crippen LogP contribution in [0.2, 0.25) is 0 Å². The lowest BCUT2D eigenvalue weighted by Gasteiger charge is -2.11. The molecule has 4 heterocycles. The lowest BCUT2D eigenvalue weighted by molar-refractivity contribution is -0.132. The Bertz CT molecular complexity index is 1940. The van der Waals surface area contributed by atoms with E-state index in [1.165, 1.54) is 0 Å². The van der Waals surface area contributed by atoms with Gasteiger partial charge in [0, 0.05) is 30.3 Å². The van der Waals surface area contributed by atoms with Crippen LogP contribution in [0, 0.1) is 10.6 Å². The SMILES string of the molecule is Cc1cc(-c2cnc3c(NCCC(F)(F)F)cc(Br)nn23)ccc1C(=O)NC1CC1.FC(F)(F)CCNc1cc(Br)nn2c(I)cnc12. The zero-order valence-electron chi connectivity index (χ0n) is 24.9. The first-order valence-electron chi connectivity index (χ1n) is 14.3. The highest BCUT2D eigenvalue weighted by molar-refractivity contribution is 14.1. The lowest BCUT2D eigenvalue weighted by atomic mass is 10.0. The number of aryl methyl sites for hydroxylation is 1. The van der Waals surface area contributed by atoms with Gasteiger partial charge in [-0.15, -0.1) is 0 Å². The highest BCUT2D eigenvalue weighted by Crippen LogP contribution is 2.29. The molecule has 256 valence electrons. The molecule has 0 aliphatic heterocycles. The molecule has 0 bridgehead atoms. The van der Waals surface area contributed by atoms with Gasteiger partial charge in [-0.25, -0.2) is 19.0 Å². The standard InChI is InChI=1S/C20H19BrF3N5O.C9H7BrF3IN4/c1-11-8-12(2-5-14(11)19(30)27-13-3-4-13)16-10-26-18-15(9-17(21)28-29(16)18)25-7-6-20(22,23)24;10-6-3-5(15-2-1-9(11,12)13)8-16-4-7(14)18(8)17-6/h2,5,8-10,13,25H,3-4,6-7H2,1H3,(H,27,30);3-4,15H,1-2H2. The Morgan fingerprint density at radius 2 is 1.42 bits per heavy atom. The van der Waals surface area contributed by atoms with Gasteiger partial charge in [0.2, 0.25) is 0 Å². The fourth-order valence-corrected chi connectivity index (χ4v) is 5.80. The molecule has 1 saturated carbocycles. The van der Waals surface area contributed by atoms with Gasteiger partial charge >= 0.3 is 12.4 Å². The van der Waals surface area contributed by atoms with Crippen molar-refractivity contribution >= 4 is 83.0 Å². The number of nitrogens with zero attached hydrogens (tertiary/aromatic N) is 6. The summed E-state index contributed by atoms with van der Waals surface area (Å²) in [4.78, 5) is 20.8. The predicted octanol–water partition coefficient (Wildman–Crippen LogP) is 8.18. The molecule has 1 aromatic carbocycles. The number of carbonyl (C=O) groups is 1. The van der Waals surface area contributed by atoms with Crippen molar-refractivity contribution in [3.63, 3.8) is 0 Å². The zero-order valence-corrected chi connectivity index (χ0v) is 30.2. The maximum absolute atomic E-state index is 12.5. The Morgan fingerprint density at radius 3 is 1.96 bits per heavy atom. The molecule has 5 aromatic rings. The van der Waals surface area contributed by atoms with E-state index in [1.54, 1.807) is 39.6 Å². The molecule has 19 heteroatoms. The molecule has 0 saturated heterocycles. The van der Waals surface area contributed by atoms with E-state index >= 15 is 0 Å². The van der Waals surface area contributed by atoms with Gasteiger partial charge in [-0.05, 0) is 104 Å². The molecule has 0 atom stereocenters. The molecule has 0 unspecified atom stereocenters. The third-order valence-electron chi connectivity index (χ3n) is 6.96. The van der Waals surface area contributed by atoms with Gasteiger partial charge in [0.05, 0.1) is 42.3 Å². The molecule has 1 amide bonds. The van der Waals surface area contributed by atoms with Gasteiger partial charge in [-0.2, -0.15) is 36.5 Å². The summed E-state index contributed by atoms with van der Waals surface area (Å²) in [5.41, 5.74) is 4.79. The third kappa shape index (κ3) is 9.48. The van der Waals surface area contributed by atoms with Crippen molar-refractivity contribution in [3.8, 4) is 11.3 Å². The highest BCUT2D eigenvalue weighted by atomic mass is 127. The normalized spacial score (nSPS) is 13.4. The largest absolute Gasteiger partial charge is 0.390 e. The van der Waals surface area contributed by atoms with Crippen molar-refractivity contribution in [2.75, 3.05) is 23.7 Å². The van der Waals surface area contributed by atoms with Crippen LogP contribution in [0.25, 0.3) is 22.6 Å². The highest BCUT2D eigenvalue weighted by Gasteiger charge is 2.28. The number of halogens is 9. The molecule has 1 fully saturated rings. The van der Waals surface area contributed by atoms with Crippen molar-refractivity contribution in [2.24, 2.45) is 0 Å². The summed E-state index contributed by atoms with van der Waals surface area (Å²) < 4.78 is 78.5. The van der Waals surface area contributed by atoms with Gasteiger partial charge in [0.25, 0.3) is 5.91 Å². The number of fused-ring (bicyclic) bond motifs is 2. The summed E-state index contributed by atoms with van der Waals surface area (Å²) in [6.45, 7) is 1.41. The topological polar surface area (TPSA) is 114 Å². The molecule has 4 aromatic heterocycles. The maximum atomic E-state index is 12.5. The van der Waals surface area contributed by atoms with E-state index in [0.29, 0.717) is 43.1 Å². The Labute approximate surface area is 299 Å². The van der Waals surface area contributed by atoms with Crippen LogP contribution in [-0.4, -0.2) is 66.6 Å². The van der Waals surface area contributed by atoms with Crippen molar-refractivity contribution in [1.82, 2.24) is 34.5 Å². The van der Waals surface area contributed by atoms with Crippen LogP contribution in [-0.2, 0) is 0 Å². The van der Waals surface area contributed by atoms with Crippen LogP contribution in [0.5, 0.6) is 0 Å². The number of carbonyl (C=O) groups excluding carboxylic acids is 1. The van der Waals surface area contributed by atoms with Crippen LogP contribution in [0.15, 0.2) is 51.9 Å². The molecular formula is C29H26Br2F6IN9O. The molecule has 0 radical (unpaired) electrons. The fraction of sp³-hybridized carbons (Fsp3) is 0.345. The maximum Gasteiger partial charge on any atom is 0.390 e. The second-order valence-corrected chi connectivity index (χ2v) is 13.5. The number of aromatic nitrogens is 6. The Balaban J connectivity index is 0.000000214. The molecule has 6 rings (SSSR count). The Morgan fingerprint density at radius 1 is 0.875 bits per heavy atom. The van der Waals surface area contributed by atoms with Crippen molar-refractivity contribution in [1.29, 1.82) is 0 Å². The molecule has 3 N–H and O–H groups in total. The molecule has 1 aliphatic carbocycles. The van der Waals surface area contributed by atoms with Crippen LogP contribution in [0.1, 0.15) is 41.6 Å². The van der Waals surface area contributed by atoms with Gasteiger partial charge < -0.3 is 16.0 Å². The third-order valence-corrected chi connectivity index (χ3v) is 8.47. The smallest absolute Gasteiger partial charge is 0.382 e. The van der Waals surface area contributed by atoms with E-state index in [1.807, 2.05) is 41.6 Å². The molecule has 0 spiro atoms. The summed E-state index contributed by atoms with van der Waals surface area (Å²) >= 11 is 8.56. The van der Waals surface area contributed by atoms with Crippen molar-refractivity contribution in [2.45, 2.75) is 51.0 Å². The van der Waals surface area contributed by atoms with E-state index in [2.05, 4.69) is 68.0 Å². The average Bonchev–Trinajstić information content (AvgIpc) is 3.57. The molecule has 1 aliphatic rings. The summed E-state index contributed by atoms with van der Waals surface area (Å²) in [7, 11) is 0. The minimum absolute atomic E-state index is 0.0864. The number of rotatable bonds is 9. The van der Waals surface area contributed by atoms with Crippen molar-refractivity contribution in [3.05, 3.63) is 66.8 Å². The van der Waals surface area contributed by atoms with E-state index in [-0.39, 0.29) is 25.0 Å². The molecule has 10 nitrogen and oxygen atoms in total. The van der Waals surface area contributed by atoms with Crippen LogP contribution in [0.4, 0.5) is 37.7 Å². The van der Waals surface area contributed by atoms with Gasteiger partial charge in [0.15, 0.2) is 11.3 Å². The summed E-state index contributed by atoms with van der Waals surface area (Å²) in [6.07, 6.45) is -4.99.